The molecule has 2 aliphatic rings. The van der Waals surface area contributed by atoms with Crippen LogP contribution in [0.25, 0.3) is 11.0 Å². The first kappa shape index (κ1) is 33.9. The third-order valence-corrected chi connectivity index (χ3v) is 8.90. The Kier molecular flexibility index (Phi) is 9.30. The summed E-state index contributed by atoms with van der Waals surface area (Å²) in [5.74, 6) is -0.622. The molecule has 14 heteroatoms. The fraction of sp³-hybridized carbons (Fsp3) is 0.343. The van der Waals surface area contributed by atoms with Crippen molar-refractivity contribution in [2.24, 2.45) is 0 Å². The average Bonchev–Trinajstić information content (AvgIpc) is 3.52. The van der Waals surface area contributed by atoms with Gasteiger partial charge in [-0.15, -0.1) is 0 Å². The van der Waals surface area contributed by atoms with Gasteiger partial charge in [0.2, 0.25) is 0 Å². The van der Waals surface area contributed by atoms with Crippen molar-refractivity contribution in [1.29, 1.82) is 5.26 Å². The number of furan rings is 1. The molecule has 3 heterocycles. The molecule has 0 unspecified atom stereocenters. The number of fused-ring (bicyclic) bond motifs is 1. The van der Waals surface area contributed by atoms with Gasteiger partial charge in [0.25, 0.3) is 11.8 Å². The second kappa shape index (κ2) is 13.5. The number of halogens is 6. The maximum absolute atomic E-state index is 13.3. The van der Waals surface area contributed by atoms with E-state index in [-0.39, 0.29) is 61.5 Å². The SMILES string of the molecule is N#Cc1ccc(CN2CCC(NC(=O)c3cc4cc(C(=O)N5CCN(c6cc(C(F)(F)F)cc(C(F)(F)F)c6)CC5)ccc4o3)CC2)cc1. The van der Waals surface area contributed by atoms with Crippen molar-refractivity contribution in [3.8, 4) is 6.07 Å². The molecular formula is C35H31F6N5O3. The number of piperazine rings is 1. The molecule has 0 atom stereocenters. The predicted octanol–water partition coefficient (Wildman–Crippen LogP) is 6.70. The quantitative estimate of drug-likeness (QED) is 0.228. The molecule has 2 aliphatic heterocycles. The third kappa shape index (κ3) is 7.83. The van der Waals surface area contributed by atoms with E-state index >= 15 is 0 Å². The summed E-state index contributed by atoms with van der Waals surface area (Å²) in [6.45, 7) is 2.58. The van der Waals surface area contributed by atoms with Gasteiger partial charge in [0.15, 0.2) is 5.76 Å². The number of amides is 2. The van der Waals surface area contributed by atoms with Crippen molar-refractivity contribution in [2.45, 2.75) is 37.8 Å². The highest BCUT2D eigenvalue weighted by molar-refractivity contribution is 6.00. The largest absolute Gasteiger partial charge is 0.451 e. The summed E-state index contributed by atoms with van der Waals surface area (Å²) < 4.78 is 85.8. The van der Waals surface area contributed by atoms with Gasteiger partial charge in [0, 0.05) is 68.5 Å². The van der Waals surface area contributed by atoms with Crippen molar-refractivity contribution in [1.82, 2.24) is 15.1 Å². The Balaban J connectivity index is 1.04. The number of piperidine rings is 1. The number of carbonyl (C=O) groups excluding carboxylic acids is 2. The molecule has 4 aromatic rings. The molecule has 0 radical (unpaired) electrons. The summed E-state index contributed by atoms with van der Waals surface area (Å²) >= 11 is 0. The Morgan fingerprint density at radius 3 is 2.04 bits per heavy atom. The number of hydrogen-bond donors (Lipinski definition) is 1. The first-order valence-corrected chi connectivity index (χ1v) is 15.7. The van der Waals surface area contributed by atoms with E-state index in [1.54, 1.807) is 36.4 Å². The first-order chi connectivity index (χ1) is 23.3. The van der Waals surface area contributed by atoms with Crippen molar-refractivity contribution in [3.63, 3.8) is 0 Å². The lowest BCUT2D eigenvalue weighted by Crippen LogP contribution is -2.48. The summed E-state index contributed by atoms with van der Waals surface area (Å²) in [7, 11) is 0. The van der Waals surface area contributed by atoms with Crippen molar-refractivity contribution < 1.29 is 40.3 Å². The molecule has 1 N–H and O–H groups in total. The molecule has 0 saturated carbocycles. The lowest BCUT2D eigenvalue weighted by molar-refractivity contribution is -0.143. The first-order valence-electron chi connectivity index (χ1n) is 15.7. The Hall–Kier alpha value is -5.03. The fourth-order valence-electron chi connectivity index (χ4n) is 6.19. The molecule has 1 aromatic heterocycles. The molecule has 0 aliphatic carbocycles. The third-order valence-electron chi connectivity index (χ3n) is 8.90. The highest BCUT2D eigenvalue weighted by Crippen LogP contribution is 2.38. The minimum atomic E-state index is -4.95. The van der Waals surface area contributed by atoms with E-state index in [9.17, 15) is 35.9 Å². The number of likely N-dealkylation sites (tertiary alicyclic amines) is 1. The molecule has 8 nitrogen and oxygen atoms in total. The van der Waals surface area contributed by atoms with Gasteiger partial charge in [-0.1, -0.05) is 12.1 Å². The minimum Gasteiger partial charge on any atom is -0.451 e. The Labute approximate surface area is 277 Å². The Morgan fingerprint density at radius 2 is 1.45 bits per heavy atom. The summed E-state index contributed by atoms with van der Waals surface area (Å²) in [4.78, 5) is 31.5. The number of benzene rings is 3. The number of nitriles is 1. The van der Waals surface area contributed by atoms with Crippen LogP contribution in [0.3, 0.4) is 0 Å². The van der Waals surface area contributed by atoms with Gasteiger partial charge in [0.1, 0.15) is 5.58 Å². The maximum atomic E-state index is 13.3. The summed E-state index contributed by atoms with van der Waals surface area (Å²) in [5.41, 5.74) is -0.549. The number of alkyl halides is 6. The smallest absolute Gasteiger partial charge is 0.416 e. The van der Waals surface area contributed by atoms with E-state index < -0.39 is 23.5 Å². The standard InChI is InChI=1S/C35H31F6N5O3/c36-34(37,38)26-17-27(35(39,40)41)19-29(18-26)45-11-13-46(14-12-45)33(48)24-5-6-30-25(15-24)16-31(49-30)32(47)43-28-7-9-44(10-8-28)21-23-3-1-22(20-42)2-4-23/h1-6,15-19,28H,7-14,21H2,(H,43,47). The molecular weight excluding hydrogens is 652 g/mol. The normalized spacial score (nSPS) is 16.5. The van der Waals surface area contributed by atoms with Gasteiger partial charge in [0.05, 0.1) is 22.8 Å². The molecule has 49 heavy (non-hydrogen) atoms. The van der Waals surface area contributed by atoms with Gasteiger partial charge in [-0.3, -0.25) is 14.5 Å². The fourth-order valence-corrected chi connectivity index (χ4v) is 6.19. The van der Waals surface area contributed by atoms with Crippen LogP contribution < -0.4 is 10.2 Å². The van der Waals surface area contributed by atoms with Gasteiger partial charge in [-0.2, -0.15) is 31.6 Å². The lowest BCUT2D eigenvalue weighted by Gasteiger charge is -2.36. The monoisotopic (exact) mass is 683 g/mol. The molecule has 3 aromatic carbocycles. The zero-order valence-corrected chi connectivity index (χ0v) is 26.1. The van der Waals surface area contributed by atoms with E-state index in [4.69, 9.17) is 9.68 Å². The van der Waals surface area contributed by atoms with Crippen LogP contribution in [0.2, 0.25) is 0 Å². The van der Waals surface area contributed by atoms with Crippen LogP contribution in [0.1, 0.15) is 56.0 Å². The summed E-state index contributed by atoms with van der Waals surface area (Å²) in [6, 6.07) is 17.3. The number of nitrogens with one attached hydrogen (secondary N) is 1. The van der Waals surface area contributed by atoms with Crippen LogP contribution >= 0.6 is 0 Å². The zero-order valence-electron chi connectivity index (χ0n) is 26.1. The lowest BCUT2D eigenvalue weighted by atomic mass is 10.0. The van der Waals surface area contributed by atoms with Crippen LogP contribution in [0, 0.1) is 11.3 Å². The highest BCUT2D eigenvalue weighted by atomic mass is 19.4. The van der Waals surface area contributed by atoms with Crippen LogP contribution in [0.4, 0.5) is 32.0 Å². The Morgan fingerprint density at radius 1 is 0.816 bits per heavy atom. The van der Waals surface area contributed by atoms with Gasteiger partial charge in [-0.25, -0.2) is 0 Å². The number of hydrogen-bond acceptors (Lipinski definition) is 6. The maximum Gasteiger partial charge on any atom is 0.416 e. The number of anilines is 1. The Bertz CT molecular complexity index is 1850. The van der Waals surface area contributed by atoms with E-state index in [1.807, 2.05) is 12.1 Å². The second-order valence-corrected chi connectivity index (χ2v) is 12.2. The second-order valence-electron chi connectivity index (χ2n) is 12.2. The topological polar surface area (TPSA) is 92.8 Å². The van der Waals surface area contributed by atoms with Gasteiger partial charge in [-0.05, 0) is 73.0 Å². The van der Waals surface area contributed by atoms with Crippen LogP contribution in [0.15, 0.2) is 71.1 Å². The van der Waals surface area contributed by atoms with E-state index in [1.165, 1.54) is 9.80 Å². The van der Waals surface area contributed by atoms with Crippen LogP contribution in [-0.2, 0) is 18.9 Å². The molecule has 2 saturated heterocycles. The summed E-state index contributed by atoms with van der Waals surface area (Å²) in [6.07, 6.45) is -8.39. The molecule has 256 valence electrons. The highest BCUT2D eigenvalue weighted by Gasteiger charge is 2.38. The van der Waals surface area contributed by atoms with E-state index in [0.717, 1.165) is 38.0 Å². The van der Waals surface area contributed by atoms with Crippen LogP contribution in [-0.4, -0.2) is 66.9 Å². The van der Waals surface area contributed by atoms with Crippen molar-refractivity contribution in [2.75, 3.05) is 44.2 Å². The van der Waals surface area contributed by atoms with Crippen molar-refractivity contribution >= 4 is 28.5 Å². The van der Waals surface area contributed by atoms with Crippen molar-refractivity contribution in [3.05, 3.63) is 100 Å². The van der Waals surface area contributed by atoms with E-state index in [2.05, 4.69) is 16.3 Å². The van der Waals surface area contributed by atoms with E-state index in [0.29, 0.717) is 34.2 Å². The predicted molar refractivity (Wildman–Crippen MR) is 168 cm³/mol. The molecule has 2 fully saturated rings. The average molecular weight is 684 g/mol. The summed E-state index contributed by atoms with van der Waals surface area (Å²) in [5, 5.41) is 12.5. The zero-order chi connectivity index (χ0) is 34.9. The van der Waals surface area contributed by atoms with Crippen LogP contribution in [0.5, 0.6) is 0 Å². The van der Waals surface area contributed by atoms with Gasteiger partial charge >= 0.3 is 12.4 Å². The van der Waals surface area contributed by atoms with Gasteiger partial charge < -0.3 is 19.5 Å². The molecule has 0 spiro atoms. The minimum absolute atomic E-state index is 0.0373. The molecule has 0 bridgehead atoms. The molecule has 6 rings (SSSR count). The number of carbonyl (C=O) groups is 2. The molecule has 2 amide bonds. The number of rotatable bonds is 6. The number of nitrogens with zero attached hydrogens (tertiary/aromatic N) is 4.